The van der Waals surface area contributed by atoms with Crippen molar-refractivity contribution in [1.29, 1.82) is 0 Å². The Morgan fingerprint density at radius 3 is 2.73 bits per heavy atom. The van der Waals surface area contributed by atoms with Crippen LogP contribution in [0.15, 0.2) is 51.7 Å². The number of nitrogens with one attached hydrogen (secondary N) is 1. The number of carbonyl (C=O) groups is 2. The molecule has 5 rings (SSSR count). The fourth-order valence-corrected chi connectivity index (χ4v) is 6.46. The normalized spacial score (nSPS) is 19.0. The van der Waals surface area contributed by atoms with Crippen LogP contribution >= 0.6 is 23.1 Å². The number of likely N-dealkylation sites (tertiary alicyclic amines) is 1. The van der Waals surface area contributed by atoms with Gasteiger partial charge in [-0.2, -0.15) is 4.68 Å². The van der Waals surface area contributed by atoms with Crippen molar-refractivity contribution in [2.24, 2.45) is 11.8 Å². The van der Waals surface area contributed by atoms with Crippen molar-refractivity contribution in [1.82, 2.24) is 14.6 Å². The van der Waals surface area contributed by atoms with Gasteiger partial charge in [0.2, 0.25) is 11.8 Å². The zero-order valence-electron chi connectivity index (χ0n) is 18.2. The fourth-order valence-electron chi connectivity index (χ4n) is 4.56. The largest absolute Gasteiger partial charge is 0.338 e. The molecular weight excluding hydrogens is 456 g/mol. The van der Waals surface area contributed by atoms with E-state index in [2.05, 4.69) is 10.4 Å². The maximum absolute atomic E-state index is 13.2. The molecule has 7 nitrogen and oxygen atoms in total. The third kappa shape index (κ3) is 4.84. The molecule has 1 aliphatic heterocycles. The first-order valence-corrected chi connectivity index (χ1v) is 13.2. The predicted octanol–water partition coefficient (Wildman–Crippen LogP) is 3.86. The smallest absolute Gasteiger partial charge is 0.291 e. The Morgan fingerprint density at radius 1 is 1.15 bits per heavy atom. The molecule has 0 radical (unpaired) electrons. The number of carbonyl (C=O) groups excluding carboxylic acids is 2. The third-order valence-corrected chi connectivity index (χ3v) is 8.46. The predicted molar refractivity (Wildman–Crippen MR) is 131 cm³/mol. The van der Waals surface area contributed by atoms with Crippen LogP contribution < -0.4 is 11.0 Å². The number of thiophene rings is 1. The van der Waals surface area contributed by atoms with Crippen LogP contribution in [-0.2, 0) is 16.1 Å². The Morgan fingerprint density at radius 2 is 1.94 bits per heavy atom. The van der Waals surface area contributed by atoms with Crippen LogP contribution in [0.25, 0.3) is 10.2 Å². The van der Waals surface area contributed by atoms with Crippen molar-refractivity contribution in [3.8, 4) is 0 Å². The van der Waals surface area contributed by atoms with Gasteiger partial charge in [0, 0.05) is 25.3 Å². The second kappa shape index (κ2) is 9.69. The first-order valence-electron chi connectivity index (χ1n) is 11.3. The molecule has 3 heterocycles. The van der Waals surface area contributed by atoms with E-state index < -0.39 is 5.92 Å². The van der Waals surface area contributed by atoms with E-state index in [9.17, 15) is 14.4 Å². The fraction of sp³-hybridized carbons (Fsp3) is 0.417. The van der Waals surface area contributed by atoms with Gasteiger partial charge in [-0.1, -0.05) is 54.9 Å². The third-order valence-electron chi connectivity index (χ3n) is 6.40. The van der Waals surface area contributed by atoms with E-state index >= 15 is 0 Å². The second-order valence-electron chi connectivity index (χ2n) is 8.77. The summed E-state index contributed by atoms with van der Waals surface area (Å²) in [6.45, 7) is 0.822. The first-order chi connectivity index (χ1) is 16.1. The average Bonchev–Trinajstić information content (AvgIpc) is 3.57. The summed E-state index contributed by atoms with van der Waals surface area (Å²) < 4.78 is 1.82. The topological polar surface area (TPSA) is 84.3 Å². The molecule has 0 spiro atoms. The van der Waals surface area contributed by atoms with Crippen molar-refractivity contribution in [2.75, 3.05) is 17.7 Å². The van der Waals surface area contributed by atoms with Gasteiger partial charge < -0.3 is 4.90 Å². The molecule has 1 N–H and O–H groups in total. The van der Waals surface area contributed by atoms with Gasteiger partial charge in [-0.3, -0.25) is 19.8 Å². The molecule has 33 heavy (non-hydrogen) atoms. The first kappa shape index (κ1) is 22.2. The number of hydrogen-bond acceptors (Lipinski definition) is 6. The van der Waals surface area contributed by atoms with Gasteiger partial charge in [-0.15, -0.1) is 11.3 Å². The minimum atomic E-state index is -0.500. The number of nitrogens with zero attached hydrogens (tertiary/aromatic N) is 3. The summed E-state index contributed by atoms with van der Waals surface area (Å²) in [6, 6.07) is 11.6. The Kier molecular flexibility index (Phi) is 6.50. The van der Waals surface area contributed by atoms with Gasteiger partial charge in [0.15, 0.2) is 5.16 Å². The Balaban J connectivity index is 1.33. The van der Waals surface area contributed by atoms with Crippen molar-refractivity contribution < 1.29 is 9.59 Å². The maximum atomic E-state index is 13.2. The lowest BCUT2D eigenvalue weighted by atomic mass is 10.1. The van der Waals surface area contributed by atoms with Crippen molar-refractivity contribution >= 4 is 45.1 Å². The van der Waals surface area contributed by atoms with Crippen LogP contribution in [0.3, 0.4) is 0 Å². The molecule has 3 aromatic rings. The van der Waals surface area contributed by atoms with E-state index in [1.807, 2.05) is 41.8 Å². The zero-order valence-corrected chi connectivity index (χ0v) is 19.9. The summed E-state index contributed by atoms with van der Waals surface area (Å²) in [4.78, 5) is 45.2. The summed E-state index contributed by atoms with van der Waals surface area (Å²) in [5.41, 5.74) is 4.22. The molecule has 2 fully saturated rings. The number of rotatable bonds is 7. The highest BCUT2D eigenvalue weighted by Gasteiger charge is 2.35. The molecule has 1 saturated carbocycles. The van der Waals surface area contributed by atoms with Crippen LogP contribution in [0.2, 0.25) is 0 Å². The van der Waals surface area contributed by atoms with E-state index in [1.54, 1.807) is 4.90 Å². The minimum Gasteiger partial charge on any atom is -0.338 e. The quantitative estimate of drug-likeness (QED) is 0.408. The Bertz CT molecular complexity index is 1220. The summed E-state index contributed by atoms with van der Waals surface area (Å²) >= 11 is 2.85. The molecule has 2 amide bonds. The van der Waals surface area contributed by atoms with E-state index in [-0.39, 0.29) is 23.8 Å². The van der Waals surface area contributed by atoms with Crippen LogP contribution in [0.4, 0.5) is 0 Å². The van der Waals surface area contributed by atoms with Gasteiger partial charge in [0.05, 0.1) is 11.4 Å². The van der Waals surface area contributed by atoms with Crippen LogP contribution in [0.5, 0.6) is 0 Å². The monoisotopic (exact) mass is 482 g/mol. The maximum Gasteiger partial charge on any atom is 0.291 e. The molecule has 2 aromatic heterocycles. The van der Waals surface area contributed by atoms with E-state index in [1.165, 1.54) is 53.5 Å². The van der Waals surface area contributed by atoms with Crippen LogP contribution in [0, 0.1) is 11.8 Å². The molecule has 1 atom stereocenters. The number of amides is 2. The van der Waals surface area contributed by atoms with Crippen LogP contribution in [-0.4, -0.2) is 38.7 Å². The molecule has 1 unspecified atom stereocenters. The minimum absolute atomic E-state index is 0.0472. The van der Waals surface area contributed by atoms with Gasteiger partial charge >= 0.3 is 0 Å². The van der Waals surface area contributed by atoms with Crippen molar-refractivity contribution in [3.05, 3.63) is 57.7 Å². The van der Waals surface area contributed by atoms with Gasteiger partial charge in [0.25, 0.3) is 5.56 Å². The van der Waals surface area contributed by atoms with E-state index in [4.69, 9.17) is 0 Å². The highest BCUT2D eigenvalue weighted by atomic mass is 32.2. The summed E-state index contributed by atoms with van der Waals surface area (Å²) in [7, 11) is 0. The van der Waals surface area contributed by atoms with Gasteiger partial charge in [0.1, 0.15) is 4.70 Å². The molecule has 2 aliphatic rings. The lowest BCUT2D eigenvalue weighted by molar-refractivity contribution is -0.128. The SMILES string of the molecule is O=C(Nn1c(SCC2CCCC2)nc2ccsc2c1=O)C1CC(=O)N(Cc2ccccc2)C1. The van der Waals surface area contributed by atoms with Crippen molar-refractivity contribution in [2.45, 2.75) is 43.8 Å². The second-order valence-corrected chi connectivity index (χ2v) is 10.7. The number of hydrogen-bond donors (Lipinski definition) is 1. The number of thioether (sulfide) groups is 1. The zero-order chi connectivity index (χ0) is 22.8. The highest BCUT2D eigenvalue weighted by Crippen LogP contribution is 2.31. The van der Waals surface area contributed by atoms with Crippen LogP contribution in [0.1, 0.15) is 37.7 Å². The Hall–Kier alpha value is -2.65. The standard InChI is InChI=1S/C24H26N4O3S2/c29-20-12-18(14-27(20)13-16-6-2-1-3-7-16)22(30)26-28-23(31)21-19(10-11-32-21)25-24(28)33-15-17-8-4-5-9-17/h1-3,6-7,10-11,17-18H,4-5,8-9,12-15H2,(H,26,30). The molecule has 9 heteroatoms. The Labute approximate surface area is 200 Å². The van der Waals surface area contributed by atoms with E-state index in [0.29, 0.717) is 34.4 Å². The van der Waals surface area contributed by atoms with Crippen molar-refractivity contribution in [3.63, 3.8) is 0 Å². The average molecular weight is 483 g/mol. The number of fused-ring (bicyclic) bond motifs is 1. The summed E-state index contributed by atoms with van der Waals surface area (Å²) in [5.74, 6) is 0.633. The van der Waals surface area contributed by atoms with Gasteiger partial charge in [-0.05, 0) is 35.8 Å². The molecule has 172 valence electrons. The highest BCUT2D eigenvalue weighted by molar-refractivity contribution is 7.99. The van der Waals surface area contributed by atoms with E-state index in [0.717, 1.165) is 11.3 Å². The summed E-state index contributed by atoms with van der Waals surface area (Å²) in [6.07, 6.45) is 5.05. The number of aromatic nitrogens is 2. The van der Waals surface area contributed by atoms with Gasteiger partial charge in [-0.25, -0.2) is 4.98 Å². The number of benzene rings is 1. The lowest BCUT2D eigenvalue weighted by Crippen LogP contribution is -2.38. The lowest BCUT2D eigenvalue weighted by Gasteiger charge is -2.18. The molecular formula is C24H26N4O3S2. The molecule has 1 saturated heterocycles. The summed E-state index contributed by atoms with van der Waals surface area (Å²) in [5, 5.41) is 2.35. The molecule has 1 aromatic carbocycles. The molecule has 0 bridgehead atoms. The molecule has 1 aliphatic carbocycles.